The van der Waals surface area contributed by atoms with Crippen molar-refractivity contribution in [1.29, 1.82) is 0 Å². The molecule has 0 aliphatic heterocycles. The van der Waals surface area contributed by atoms with Gasteiger partial charge in [-0.05, 0) is 51.1 Å². The summed E-state index contributed by atoms with van der Waals surface area (Å²) in [5, 5.41) is 5.14. The monoisotopic (exact) mass is 482 g/mol. The van der Waals surface area contributed by atoms with E-state index in [1.807, 2.05) is 57.3 Å². The molecule has 0 saturated carbocycles. The molecule has 0 spiro atoms. The molecule has 0 bridgehead atoms. The Morgan fingerprint density at radius 1 is 1.24 bits per heavy atom. The Morgan fingerprint density at radius 2 is 2.06 bits per heavy atom. The molecule has 3 aromatic heterocycles. The van der Waals surface area contributed by atoms with E-state index in [0.717, 1.165) is 39.2 Å². The van der Waals surface area contributed by atoms with Gasteiger partial charge in [0.1, 0.15) is 17.3 Å². The van der Waals surface area contributed by atoms with Gasteiger partial charge in [-0.25, -0.2) is 9.78 Å². The summed E-state index contributed by atoms with van der Waals surface area (Å²) < 4.78 is 18.5. The van der Waals surface area contributed by atoms with Crippen LogP contribution < -0.4 is 14.8 Å². The van der Waals surface area contributed by atoms with Gasteiger partial charge in [-0.2, -0.15) is 0 Å². The van der Waals surface area contributed by atoms with E-state index in [4.69, 9.17) is 18.9 Å². The third-order valence-electron chi connectivity index (χ3n) is 5.30. The molecular weight excluding hydrogens is 452 g/mol. The summed E-state index contributed by atoms with van der Waals surface area (Å²) in [6.07, 6.45) is 4.30. The quantitative estimate of drug-likeness (QED) is 0.372. The van der Waals surface area contributed by atoms with Gasteiger partial charge in [-0.1, -0.05) is 0 Å². The number of ether oxygens (including phenoxy) is 2. The lowest BCUT2D eigenvalue weighted by Crippen LogP contribution is -2.48. The number of nitrogens with zero attached hydrogens (tertiary/aromatic N) is 3. The molecule has 0 radical (unpaired) electrons. The fraction of sp³-hybridized carbons (Fsp3) is 0.360. The van der Waals surface area contributed by atoms with Gasteiger partial charge in [0.2, 0.25) is 0 Å². The maximum Gasteiger partial charge on any atom is 0.318 e. The zero-order chi connectivity index (χ0) is 24.3. The van der Waals surface area contributed by atoms with Crippen LogP contribution in [0.3, 0.4) is 0 Å². The van der Waals surface area contributed by atoms with Crippen molar-refractivity contribution in [3.8, 4) is 22.8 Å². The SMILES string of the molecule is COc1ccc(OC)c(-c2cn3c(CCN(Cc4ccco4)C(=O)NC(C)(C)C)csc3n2)c1. The molecule has 9 heteroatoms. The van der Waals surface area contributed by atoms with Gasteiger partial charge in [-0.15, -0.1) is 11.3 Å². The van der Waals surface area contributed by atoms with E-state index in [0.29, 0.717) is 19.5 Å². The molecule has 2 amide bonds. The zero-order valence-corrected chi connectivity index (χ0v) is 20.9. The number of benzene rings is 1. The van der Waals surface area contributed by atoms with Crippen molar-refractivity contribution in [1.82, 2.24) is 19.6 Å². The van der Waals surface area contributed by atoms with Crippen molar-refractivity contribution in [2.45, 2.75) is 39.3 Å². The molecule has 8 nitrogen and oxygen atoms in total. The number of furan rings is 1. The lowest BCUT2D eigenvalue weighted by molar-refractivity contribution is 0.182. The summed E-state index contributed by atoms with van der Waals surface area (Å²) in [6.45, 7) is 6.84. The molecule has 0 saturated heterocycles. The number of carbonyl (C=O) groups is 1. The number of carbonyl (C=O) groups excluding carboxylic acids is 1. The number of hydrogen-bond donors (Lipinski definition) is 1. The number of hydrogen-bond acceptors (Lipinski definition) is 6. The van der Waals surface area contributed by atoms with Crippen molar-refractivity contribution < 1.29 is 18.7 Å². The van der Waals surface area contributed by atoms with Crippen LogP contribution in [-0.2, 0) is 13.0 Å². The van der Waals surface area contributed by atoms with Gasteiger partial charge in [-0.3, -0.25) is 4.40 Å². The van der Waals surface area contributed by atoms with Crippen LogP contribution in [-0.4, -0.2) is 46.6 Å². The van der Waals surface area contributed by atoms with Gasteiger partial charge in [0.05, 0.1) is 32.7 Å². The van der Waals surface area contributed by atoms with Crippen LogP contribution in [0.4, 0.5) is 4.79 Å². The van der Waals surface area contributed by atoms with Crippen LogP contribution in [0.1, 0.15) is 32.2 Å². The highest BCUT2D eigenvalue weighted by Gasteiger charge is 2.21. The second-order valence-corrected chi connectivity index (χ2v) is 9.84. The normalized spacial score (nSPS) is 11.6. The smallest absolute Gasteiger partial charge is 0.318 e. The first-order valence-corrected chi connectivity index (χ1v) is 11.9. The van der Waals surface area contributed by atoms with Gasteiger partial charge in [0.15, 0.2) is 4.96 Å². The first kappa shape index (κ1) is 23.7. The third-order valence-corrected chi connectivity index (χ3v) is 6.19. The molecule has 0 unspecified atom stereocenters. The van der Waals surface area contributed by atoms with Crippen LogP contribution in [0.15, 0.2) is 52.6 Å². The number of thiazole rings is 1. The summed E-state index contributed by atoms with van der Waals surface area (Å²) in [5.41, 5.74) is 2.42. The molecule has 0 aliphatic rings. The minimum atomic E-state index is -0.330. The van der Waals surface area contributed by atoms with Crippen molar-refractivity contribution in [2.75, 3.05) is 20.8 Å². The average Bonchev–Trinajstić information content (AvgIpc) is 3.53. The zero-order valence-electron chi connectivity index (χ0n) is 20.1. The number of aromatic nitrogens is 2. The van der Waals surface area contributed by atoms with Crippen LogP contribution in [0.5, 0.6) is 11.5 Å². The minimum Gasteiger partial charge on any atom is -0.497 e. The van der Waals surface area contributed by atoms with E-state index < -0.39 is 0 Å². The van der Waals surface area contributed by atoms with Crippen molar-refractivity contribution >= 4 is 22.3 Å². The summed E-state index contributed by atoms with van der Waals surface area (Å²) in [7, 11) is 3.28. The highest BCUT2D eigenvalue weighted by molar-refractivity contribution is 7.15. The van der Waals surface area contributed by atoms with E-state index in [1.54, 1.807) is 36.7 Å². The Balaban J connectivity index is 1.56. The van der Waals surface area contributed by atoms with Crippen LogP contribution in [0.25, 0.3) is 16.2 Å². The van der Waals surface area contributed by atoms with Crippen LogP contribution >= 0.6 is 11.3 Å². The number of methoxy groups -OCH3 is 2. The fourth-order valence-corrected chi connectivity index (χ4v) is 4.55. The molecule has 34 heavy (non-hydrogen) atoms. The van der Waals surface area contributed by atoms with E-state index in [9.17, 15) is 4.79 Å². The van der Waals surface area contributed by atoms with E-state index in [1.165, 1.54) is 0 Å². The topological polar surface area (TPSA) is 81.2 Å². The number of imidazole rings is 1. The summed E-state index contributed by atoms with van der Waals surface area (Å²) in [6, 6.07) is 9.25. The summed E-state index contributed by atoms with van der Waals surface area (Å²) >= 11 is 1.57. The second-order valence-electron chi connectivity index (χ2n) is 9.00. The van der Waals surface area contributed by atoms with Crippen molar-refractivity contribution in [2.24, 2.45) is 0 Å². The highest BCUT2D eigenvalue weighted by Crippen LogP contribution is 2.34. The molecular formula is C25H30N4O4S. The second kappa shape index (κ2) is 9.80. The van der Waals surface area contributed by atoms with Crippen molar-refractivity contribution in [3.05, 3.63) is 59.6 Å². The van der Waals surface area contributed by atoms with Crippen molar-refractivity contribution in [3.63, 3.8) is 0 Å². The number of amides is 2. The maximum atomic E-state index is 13.0. The molecule has 0 atom stereocenters. The standard InChI is InChI=1S/C25H30N4O4S/c1-25(2,3)27-23(30)28(14-19-7-6-12-33-19)11-10-17-16-34-24-26-21(15-29(17)24)20-13-18(31-4)8-9-22(20)32-5/h6-9,12-13,15-16H,10-11,14H2,1-5H3,(H,27,30). The lowest BCUT2D eigenvalue weighted by Gasteiger charge is -2.28. The first-order chi connectivity index (χ1) is 16.3. The molecule has 180 valence electrons. The highest BCUT2D eigenvalue weighted by atomic mass is 32.1. The van der Waals surface area contributed by atoms with E-state index in [-0.39, 0.29) is 11.6 Å². The Kier molecular flexibility index (Phi) is 6.83. The van der Waals surface area contributed by atoms with Gasteiger partial charge in [0.25, 0.3) is 0 Å². The molecule has 4 rings (SSSR count). The largest absolute Gasteiger partial charge is 0.497 e. The van der Waals surface area contributed by atoms with Gasteiger partial charge in [0, 0.05) is 41.3 Å². The third kappa shape index (κ3) is 5.36. The molecule has 3 heterocycles. The number of rotatable bonds is 8. The number of urea groups is 1. The molecule has 1 N–H and O–H groups in total. The fourth-order valence-electron chi connectivity index (χ4n) is 3.65. The summed E-state index contributed by atoms with van der Waals surface area (Å²) in [4.78, 5) is 20.4. The predicted molar refractivity (Wildman–Crippen MR) is 133 cm³/mol. The maximum absolute atomic E-state index is 13.0. The Hall–Kier alpha value is -3.46. The molecule has 4 aromatic rings. The van der Waals surface area contributed by atoms with Crippen LogP contribution in [0, 0.1) is 0 Å². The van der Waals surface area contributed by atoms with E-state index in [2.05, 4.69) is 15.1 Å². The Morgan fingerprint density at radius 3 is 2.74 bits per heavy atom. The average molecular weight is 483 g/mol. The summed E-state index contributed by atoms with van der Waals surface area (Å²) in [5.74, 6) is 2.22. The number of fused-ring (bicyclic) bond motifs is 1. The number of nitrogens with one attached hydrogen (secondary N) is 1. The molecule has 1 aromatic carbocycles. The first-order valence-electron chi connectivity index (χ1n) is 11.0. The minimum absolute atomic E-state index is 0.122. The van der Waals surface area contributed by atoms with Gasteiger partial charge < -0.3 is 24.1 Å². The Bertz CT molecular complexity index is 1250. The molecule has 0 aliphatic carbocycles. The van der Waals surface area contributed by atoms with Gasteiger partial charge >= 0.3 is 6.03 Å². The molecule has 0 fully saturated rings. The predicted octanol–water partition coefficient (Wildman–Crippen LogP) is 5.23. The Labute approximate surface area is 203 Å². The lowest BCUT2D eigenvalue weighted by atomic mass is 10.1. The van der Waals surface area contributed by atoms with Crippen LogP contribution in [0.2, 0.25) is 0 Å². The van der Waals surface area contributed by atoms with E-state index >= 15 is 0 Å².